The van der Waals surface area contributed by atoms with Gasteiger partial charge in [-0.2, -0.15) is 0 Å². The van der Waals surface area contributed by atoms with E-state index in [1.54, 1.807) is 0 Å². The maximum atomic E-state index is 12.7. The molecule has 1 aliphatic heterocycles. The summed E-state index contributed by atoms with van der Waals surface area (Å²) in [4.78, 5) is 30.4. The minimum absolute atomic E-state index is 0.0590. The maximum Gasteiger partial charge on any atom is 0.264 e. The number of amides is 2. The Balaban J connectivity index is 1.40. The van der Waals surface area contributed by atoms with Gasteiger partial charge in [0.25, 0.3) is 5.91 Å². The predicted octanol–water partition coefficient (Wildman–Crippen LogP) is 3.76. The Morgan fingerprint density at radius 2 is 1.56 bits per heavy atom. The van der Waals surface area contributed by atoms with E-state index in [1.807, 2.05) is 46.2 Å². The van der Waals surface area contributed by atoms with E-state index in [0.717, 1.165) is 28.2 Å². The molecule has 4 rings (SSSR count). The Bertz CT molecular complexity index is 790. The molecular formula is C19H19ClN2O2S. The van der Waals surface area contributed by atoms with Crippen molar-refractivity contribution >= 4 is 34.8 Å². The van der Waals surface area contributed by atoms with Gasteiger partial charge in [0.05, 0.1) is 4.88 Å². The molecule has 25 heavy (non-hydrogen) atoms. The Morgan fingerprint density at radius 3 is 2.20 bits per heavy atom. The first-order valence-corrected chi connectivity index (χ1v) is 9.75. The minimum Gasteiger partial charge on any atom is -0.339 e. The second-order valence-corrected chi connectivity index (χ2v) is 8.08. The van der Waals surface area contributed by atoms with Gasteiger partial charge in [-0.3, -0.25) is 9.59 Å². The van der Waals surface area contributed by atoms with Gasteiger partial charge in [-0.05, 0) is 42.7 Å². The van der Waals surface area contributed by atoms with Crippen molar-refractivity contribution in [3.8, 4) is 10.4 Å². The first kappa shape index (κ1) is 16.6. The molecule has 6 heteroatoms. The van der Waals surface area contributed by atoms with E-state index in [1.165, 1.54) is 11.3 Å². The first-order chi connectivity index (χ1) is 12.1. The van der Waals surface area contributed by atoms with Gasteiger partial charge in [0.1, 0.15) is 0 Å². The van der Waals surface area contributed by atoms with Crippen LogP contribution in [0, 0.1) is 5.92 Å². The molecule has 0 radical (unpaired) electrons. The topological polar surface area (TPSA) is 40.6 Å². The fourth-order valence-corrected chi connectivity index (χ4v) is 4.20. The average molecular weight is 375 g/mol. The van der Waals surface area contributed by atoms with Crippen molar-refractivity contribution < 1.29 is 9.59 Å². The van der Waals surface area contributed by atoms with Gasteiger partial charge in [-0.25, -0.2) is 0 Å². The van der Waals surface area contributed by atoms with Gasteiger partial charge < -0.3 is 9.80 Å². The molecule has 130 valence electrons. The number of benzene rings is 1. The Hall–Kier alpha value is -1.85. The first-order valence-electron chi connectivity index (χ1n) is 8.55. The molecule has 1 saturated heterocycles. The summed E-state index contributed by atoms with van der Waals surface area (Å²) in [5.74, 6) is 0.582. The van der Waals surface area contributed by atoms with Gasteiger partial charge in [0, 0.05) is 42.0 Å². The highest BCUT2D eigenvalue weighted by Crippen LogP contribution is 2.32. The summed E-state index contributed by atoms with van der Waals surface area (Å²) >= 11 is 7.43. The van der Waals surface area contributed by atoms with Crippen molar-refractivity contribution in [2.45, 2.75) is 12.8 Å². The number of halogens is 1. The molecule has 2 amide bonds. The molecule has 2 aliphatic rings. The molecular weight excluding hydrogens is 356 g/mol. The highest BCUT2D eigenvalue weighted by Gasteiger charge is 2.35. The molecule has 2 aromatic rings. The van der Waals surface area contributed by atoms with Crippen LogP contribution in [0.5, 0.6) is 0 Å². The van der Waals surface area contributed by atoms with Crippen LogP contribution in [-0.2, 0) is 4.79 Å². The highest BCUT2D eigenvalue weighted by atomic mass is 35.5. The summed E-state index contributed by atoms with van der Waals surface area (Å²) in [5, 5.41) is 0.704. The summed E-state index contributed by atoms with van der Waals surface area (Å²) in [7, 11) is 0. The number of rotatable bonds is 3. The van der Waals surface area contributed by atoms with Crippen LogP contribution in [0.4, 0.5) is 0 Å². The zero-order valence-corrected chi connectivity index (χ0v) is 15.4. The highest BCUT2D eigenvalue weighted by molar-refractivity contribution is 7.17. The molecule has 0 unspecified atom stereocenters. The third kappa shape index (κ3) is 3.58. The van der Waals surface area contributed by atoms with Crippen LogP contribution in [0.2, 0.25) is 5.02 Å². The van der Waals surface area contributed by atoms with Crippen molar-refractivity contribution in [1.82, 2.24) is 9.80 Å². The summed E-state index contributed by atoms with van der Waals surface area (Å²) in [6.07, 6.45) is 2.06. The summed E-state index contributed by atoms with van der Waals surface area (Å²) in [6.45, 7) is 2.53. The van der Waals surface area contributed by atoms with Crippen molar-refractivity contribution in [3.63, 3.8) is 0 Å². The normalized spacial score (nSPS) is 17.6. The lowest BCUT2D eigenvalue weighted by molar-refractivity contribution is -0.134. The quantitative estimate of drug-likeness (QED) is 0.820. The molecule has 1 aromatic carbocycles. The number of thiophene rings is 1. The molecule has 2 heterocycles. The van der Waals surface area contributed by atoms with E-state index in [-0.39, 0.29) is 17.7 Å². The van der Waals surface area contributed by atoms with Gasteiger partial charge in [-0.1, -0.05) is 23.7 Å². The molecule has 1 aliphatic carbocycles. The van der Waals surface area contributed by atoms with E-state index >= 15 is 0 Å². The number of hydrogen-bond acceptors (Lipinski definition) is 3. The molecule has 0 spiro atoms. The smallest absolute Gasteiger partial charge is 0.264 e. The van der Waals surface area contributed by atoms with E-state index in [2.05, 4.69) is 0 Å². The van der Waals surface area contributed by atoms with Gasteiger partial charge >= 0.3 is 0 Å². The molecule has 2 fully saturated rings. The van der Waals surface area contributed by atoms with Gasteiger partial charge in [0.15, 0.2) is 0 Å². The molecule has 0 bridgehead atoms. The maximum absolute atomic E-state index is 12.7. The Labute approximate surface area is 156 Å². The van der Waals surface area contributed by atoms with Gasteiger partial charge in [0.2, 0.25) is 5.91 Å². The largest absolute Gasteiger partial charge is 0.339 e. The number of nitrogens with zero attached hydrogens (tertiary/aromatic N) is 2. The van der Waals surface area contributed by atoms with Gasteiger partial charge in [-0.15, -0.1) is 11.3 Å². The van der Waals surface area contributed by atoms with Crippen LogP contribution in [0.15, 0.2) is 36.4 Å². The SMILES string of the molecule is O=C(c1ccc(-c2ccc(Cl)cc2)s1)N1CCN(C(=O)C2CC2)CC1. The van der Waals surface area contributed by atoms with E-state index in [0.29, 0.717) is 31.2 Å². The van der Waals surface area contributed by atoms with Crippen molar-refractivity contribution in [2.24, 2.45) is 5.92 Å². The fraction of sp³-hybridized carbons (Fsp3) is 0.368. The fourth-order valence-electron chi connectivity index (χ4n) is 3.10. The predicted molar refractivity (Wildman–Crippen MR) is 100.0 cm³/mol. The zero-order valence-electron chi connectivity index (χ0n) is 13.8. The van der Waals surface area contributed by atoms with Crippen LogP contribution in [0.1, 0.15) is 22.5 Å². The Morgan fingerprint density at radius 1 is 0.920 bits per heavy atom. The van der Waals surface area contributed by atoms with Crippen molar-refractivity contribution in [3.05, 3.63) is 46.3 Å². The molecule has 1 saturated carbocycles. The second-order valence-electron chi connectivity index (χ2n) is 6.56. The number of carbonyl (C=O) groups is 2. The monoisotopic (exact) mass is 374 g/mol. The lowest BCUT2D eigenvalue weighted by Gasteiger charge is -2.34. The minimum atomic E-state index is 0.0590. The third-order valence-corrected chi connectivity index (χ3v) is 6.12. The summed E-state index contributed by atoms with van der Waals surface area (Å²) in [5.41, 5.74) is 1.06. The van der Waals surface area contributed by atoms with Crippen molar-refractivity contribution in [1.29, 1.82) is 0 Å². The van der Waals surface area contributed by atoms with E-state index < -0.39 is 0 Å². The van der Waals surface area contributed by atoms with Crippen LogP contribution in [-0.4, -0.2) is 47.8 Å². The molecule has 0 N–H and O–H groups in total. The lowest BCUT2D eigenvalue weighted by Crippen LogP contribution is -2.50. The molecule has 1 aromatic heterocycles. The third-order valence-electron chi connectivity index (χ3n) is 4.75. The van der Waals surface area contributed by atoms with Crippen LogP contribution >= 0.6 is 22.9 Å². The molecule has 4 nitrogen and oxygen atoms in total. The second kappa shape index (κ2) is 6.81. The number of carbonyl (C=O) groups excluding carboxylic acids is 2. The molecule has 0 atom stereocenters. The van der Waals surface area contributed by atoms with Crippen molar-refractivity contribution in [2.75, 3.05) is 26.2 Å². The average Bonchev–Trinajstić information content (AvgIpc) is 3.38. The summed E-state index contributed by atoms with van der Waals surface area (Å²) < 4.78 is 0. The Kier molecular flexibility index (Phi) is 4.52. The van der Waals surface area contributed by atoms with Crippen LogP contribution < -0.4 is 0 Å². The summed E-state index contributed by atoms with van der Waals surface area (Å²) in [6, 6.07) is 11.5. The number of hydrogen-bond donors (Lipinski definition) is 0. The van der Waals surface area contributed by atoms with E-state index in [4.69, 9.17) is 11.6 Å². The standard InChI is InChI=1S/C19H19ClN2O2S/c20-15-5-3-13(4-6-15)16-7-8-17(25-16)19(24)22-11-9-21(10-12-22)18(23)14-1-2-14/h3-8,14H,1-2,9-12H2. The lowest BCUT2D eigenvalue weighted by atomic mass is 10.2. The number of piperazine rings is 1. The van der Waals surface area contributed by atoms with Crippen LogP contribution in [0.3, 0.4) is 0 Å². The van der Waals surface area contributed by atoms with E-state index in [9.17, 15) is 9.59 Å². The van der Waals surface area contributed by atoms with Crippen LogP contribution in [0.25, 0.3) is 10.4 Å². The zero-order chi connectivity index (χ0) is 17.4.